The molecule has 0 unspecified atom stereocenters. The summed E-state index contributed by atoms with van der Waals surface area (Å²) in [7, 11) is 0. The van der Waals surface area contributed by atoms with E-state index in [1.807, 2.05) is 0 Å². The fourth-order valence-corrected chi connectivity index (χ4v) is 4.26. The van der Waals surface area contributed by atoms with Gasteiger partial charge in [0.05, 0.1) is 0 Å². The van der Waals surface area contributed by atoms with Crippen molar-refractivity contribution in [3.63, 3.8) is 0 Å². The van der Waals surface area contributed by atoms with Crippen molar-refractivity contribution < 1.29 is 4.74 Å². The third-order valence-corrected chi connectivity index (χ3v) is 5.90. The van der Waals surface area contributed by atoms with Gasteiger partial charge >= 0.3 is 134 Å². The Morgan fingerprint density at radius 1 is 1.14 bits per heavy atom. The number of benzene rings is 1. The molecule has 0 spiro atoms. The molecule has 1 aromatic rings. The first-order valence-corrected chi connectivity index (χ1v) is 8.95. The number of ether oxygens (including phenoxy) is 1. The Morgan fingerprint density at radius 2 is 1.90 bits per heavy atom. The Hall–Kier alpha value is -0.791. The summed E-state index contributed by atoms with van der Waals surface area (Å²) in [5.74, 6) is 2.00. The standard InChI is InChI=1S/C18H20NOSe/c1-18(2,3)16-12-20-17(19-16)14-10-7-11-15(14)21-13-8-5-4-6-9-13/h4-11,16H,12H2,1-3H3/t16-/m1/s1. The number of nitrogens with zero attached hydrogens (tertiary/aromatic N) is 1. The van der Waals surface area contributed by atoms with Gasteiger partial charge in [0.25, 0.3) is 0 Å². The van der Waals surface area contributed by atoms with Crippen molar-refractivity contribution in [3.05, 3.63) is 60.3 Å². The zero-order valence-electron chi connectivity index (χ0n) is 12.7. The molecule has 1 heterocycles. The number of hydrogen-bond acceptors (Lipinski definition) is 2. The number of aliphatic imine (C=N–C) groups is 1. The van der Waals surface area contributed by atoms with E-state index in [0.717, 1.165) is 5.90 Å². The maximum atomic E-state index is 5.87. The summed E-state index contributed by atoms with van der Waals surface area (Å²) < 4.78 is 7.25. The molecular weight excluding hydrogens is 325 g/mol. The average molecular weight is 345 g/mol. The van der Waals surface area contributed by atoms with Crippen LogP contribution in [0.25, 0.3) is 0 Å². The van der Waals surface area contributed by atoms with Crippen molar-refractivity contribution in [1.82, 2.24) is 0 Å². The van der Waals surface area contributed by atoms with Crippen molar-refractivity contribution in [3.8, 4) is 0 Å². The number of hydrogen-bond donors (Lipinski definition) is 0. The van der Waals surface area contributed by atoms with E-state index in [1.54, 1.807) is 0 Å². The first-order valence-electron chi connectivity index (χ1n) is 7.23. The summed E-state index contributed by atoms with van der Waals surface area (Å²) >= 11 is 0.297. The van der Waals surface area contributed by atoms with E-state index in [4.69, 9.17) is 9.73 Å². The Labute approximate surface area is 134 Å². The van der Waals surface area contributed by atoms with Gasteiger partial charge in [-0.3, -0.25) is 0 Å². The summed E-state index contributed by atoms with van der Waals surface area (Å²) in [6.07, 6.45) is 6.42. The van der Waals surface area contributed by atoms with Gasteiger partial charge in [0.1, 0.15) is 0 Å². The molecule has 1 atom stereocenters. The Bertz CT molecular complexity index is 506. The molecule has 3 rings (SSSR count). The quantitative estimate of drug-likeness (QED) is 0.772. The predicted octanol–water partition coefficient (Wildman–Crippen LogP) is 2.59. The fourth-order valence-electron chi connectivity index (χ4n) is 2.25. The molecule has 0 bridgehead atoms. The monoisotopic (exact) mass is 346 g/mol. The van der Waals surface area contributed by atoms with Crippen LogP contribution < -0.4 is 4.46 Å². The van der Waals surface area contributed by atoms with E-state index in [0.29, 0.717) is 21.6 Å². The zero-order chi connectivity index (χ0) is 14.9. The molecule has 1 aromatic carbocycles. The van der Waals surface area contributed by atoms with Gasteiger partial charge in [0, 0.05) is 0 Å². The molecule has 0 amide bonds. The zero-order valence-corrected chi connectivity index (χ0v) is 14.4. The van der Waals surface area contributed by atoms with Crippen LogP contribution in [0, 0.1) is 35.4 Å². The van der Waals surface area contributed by atoms with Gasteiger partial charge in [-0.25, -0.2) is 0 Å². The molecule has 3 heteroatoms. The van der Waals surface area contributed by atoms with Crippen LogP contribution in [0.2, 0.25) is 0 Å². The van der Waals surface area contributed by atoms with E-state index >= 15 is 0 Å². The van der Waals surface area contributed by atoms with Gasteiger partial charge < -0.3 is 0 Å². The molecule has 0 N–H and O–H groups in total. The van der Waals surface area contributed by atoms with Crippen molar-refractivity contribution in [1.29, 1.82) is 0 Å². The molecule has 1 fully saturated rings. The summed E-state index contributed by atoms with van der Waals surface area (Å²) in [6, 6.07) is 10.9. The van der Waals surface area contributed by atoms with Gasteiger partial charge in [-0.2, -0.15) is 0 Å². The minimum atomic E-state index is 0.152. The predicted molar refractivity (Wildman–Crippen MR) is 87.8 cm³/mol. The van der Waals surface area contributed by atoms with Crippen molar-refractivity contribution in [2.45, 2.75) is 26.8 Å². The van der Waals surface area contributed by atoms with Crippen molar-refractivity contribution in [2.75, 3.05) is 6.61 Å². The van der Waals surface area contributed by atoms with Crippen LogP contribution in [-0.4, -0.2) is 33.5 Å². The van der Waals surface area contributed by atoms with Crippen LogP contribution in [0.3, 0.4) is 0 Å². The molecule has 109 valence electrons. The SMILES string of the molecule is CC(C)(C)[C@H]1COC([C]2[CH][CH][CH][C]2[Se]c2ccccc2)=N1. The second-order valence-corrected chi connectivity index (χ2v) is 8.69. The molecule has 2 nitrogen and oxygen atoms in total. The van der Waals surface area contributed by atoms with E-state index in [2.05, 4.69) is 70.4 Å². The van der Waals surface area contributed by atoms with E-state index in [1.165, 1.54) is 15.2 Å². The van der Waals surface area contributed by atoms with Crippen LogP contribution >= 0.6 is 0 Å². The molecule has 2 aliphatic rings. The fraction of sp³-hybridized carbons (Fsp3) is 0.333. The molecule has 1 aliphatic heterocycles. The number of rotatable bonds is 3. The van der Waals surface area contributed by atoms with E-state index in [9.17, 15) is 0 Å². The molecule has 5 radical (unpaired) electrons. The van der Waals surface area contributed by atoms with Crippen LogP contribution in [0.1, 0.15) is 20.8 Å². The second kappa shape index (κ2) is 6.14. The van der Waals surface area contributed by atoms with Crippen LogP contribution in [0.15, 0.2) is 35.3 Å². The Morgan fingerprint density at radius 3 is 2.57 bits per heavy atom. The van der Waals surface area contributed by atoms with Crippen LogP contribution in [0.5, 0.6) is 0 Å². The summed E-state index contributed by atoms with van der Waals surface area (Å²) in [4.78, 5) is 6.16. The topological polar surface area (TPSA) is 21.6 Å². The van der Waals surface area contributed by atoms with Crippen molar-refractivity contribution in [2.24, 2.45) is 10.4 Å². The molecule has 1 saturated carbocycles. The third-order valence-electron chi connectivity index (χ3n) is 3.63. The summed E-state index contributed by atoms with van der Waals surface area (Å²) in [5.41, 5.74) is 0.152. The summed E-state index contributed by atoms with van der Waals surface area (Å²) in [5, 5.41) is 0. The van der Waals surface area contributed by atoms with Gasteiger partial charge in [-0.1, -0.05) is 0 Å². The molecular formula is C18H20NOSe. The summed E-state index contributed by atoms with van der Waals surface area (Å²) in [6.45, 7) is 7.34. The Balaban J connectivity index is 1.70. The first-order chi connectivity index (χ1) is 10.0. The minimum absolute atomic E-state index is 0.152. The van der Waals surface area contributed by atoms with Gasteiger partial charge in [0.2, 0.25) is 0 Å². The van der Waals surface area contributed by atoms with Gasteiger partial charge in [-0.05, 0) is 0 Å². The van der Waals surface area contributed by atoms with Gasteiger partial charge in [-0.15, -0.1) is 0 Å². The van der Waals surface area contributed by atoms with Gasteiger partial charge in [0.15, 0.2) is 0 Å². The van der Waals surface area contributed by atoms with E-state index < -0.39 is 0 Å². The average Bonchev–Trinajstić information content (AvgIpc) is 3.07. The maximum absolute atomic E-state index is 5.87. The van der Waals surface area contributed by atoms with E-state index in [-0.39, 0.29) is 11.5 Å². The van der Waals surface area contributed by atoms with Crippen LogP contribution in [0.4, 0.5) is 0 Å². The second-order valence-electron chi connectivity index (χ2n) is 6.35. The normalized spacial score (nSPS) is 24.1. The molecule has 21 heavy (non-hydrogen) atoms. The van der Waals surface area contributed by atoms with Crippen LogP contribution in [-0.2, 0) is 4.74 Å². The van der Waals surface area contributed by atoms with Crippen molar-refractivity contribution >= 4 is 25.3 Å². The Kier molecular flexibility index (Phi) is 4.42. The molecule has 1 aliphatic carbocycles. The molecule has 0 saturated heterocycles. The first kappa shape index (κ1) is 15.1. The third kappa shape index (κ3) is 3.52. The molecule has 0 aromatic heterocycles.